The molecule has 0 saturated heterocycles. The Kier molecular flexibility index (Phi) is 7.55. The lowest BCUT2D eigenvalue weighted by Gasteiger charge is -2.26. The number of nitrogens with zero attached hydrogens (tertiary/aromatic N) is 4. The molecule has 5 rings (SSSR count). The number of aromatic nitrogens is 3. The molecule has 0 bridgehead atoms. The van der Waals surface area contributed by atoms with Gasteiger partial charge in [0.25, 0.3) is 5.91 Å². The molecule has 6 nitrogen and oxygen atoms in total. The van der Waals surface area contributed by atoms with Crippen molar-refractivity contribution in [3.63, 3.8) is 0 Å². The summed E-state index contributed by atoms with van der Waals surface area (Å²) in [6, 6.07) is 31.5. The fourth-order valence-corrected chi connectivity index (χ4v) is 4.79. The van der Waals surface area contributed by atoms with E-state index in [-0.39, 0.29) is 5.91 Å². The van der Waals surface area contributed by atoms with E-state index in [0.717, 1.165) is 47.0 Å². The van der Waals surface area contributed by atoms with Crippen LogP contribution in [0.1, 0.15) is 35.5 Å². The van der Waals surface area contributed by atoms with Crippen molar-refractivity contribution < 1.29 is 4.79 Å². The summed E-state index contributed by atoms with van der Waals surface area (Å²) >= 11 is 0. The number of H-pyrrole nitrogens is 1. The van der Waals surface area contributed by atoms with Gasteiger partial charge >= 0.3 is 0 Å². The first-order chi connectivity index (χ1) is 19.0. The summed E-state index contributed by atoms with van der Waals surface area (Å²) in [6.45, 7) is 9.94. The normalized spacial score (nSPS) is 10.9. The highest BCUT2D eigenvalue weighted by molar-refractivity contribution is 6.12. The van der Waals surface area contributed by atoms with Crippen LogP contribution in [-0.4, -0.2) is 33.9 Å². The molecule has 0 spiro atoms. The number of nitrogens with one attached hydrogen (secondary N) is 1. The van der Waals surface area contributed by atoms with Crippen LogP contribution in [-0.2, 0) is 0 Å². The number of pyridine rings is 1. The Morgan fingerprint density at radius 1 is 0.769 bits per heavy atom. The van der Waals surface area contributed by atoms with Gasteiger partial charge in [0.2, 0.25) is 0 Å². The van der Waals surface area contributed by atoms with Crippen molar-refractivity contribution in [1.29, 1.82) is 0 Å². The maximum Gasteiger partial charge on any atom is 0.264 e. The van der Waals surface area contributed by atoms with Crippen LogP contribution in [0, 0.1) is 13.8 Å². The molecule has 0 atom stereocenters. The molecule has 3 aromatic carbocycles. The predicted molar refractivity (Wildman–Crippen MR) is 160 cm³/mol. The van der Waals surface area contributed by atoms with E-state index in [9.17, 15) is 4.79 Å². The minimum absolute atomic E-state index is 0.170. The number of rotatable bonds is 8. The highest BCUT2D eigenvalue weighted by atomic mass is 16.2. The van der Waals surface area contributed by atoms with Crippen molar-refractivity contribution in [2.75, 3.05) is 22.9 Å². The van der Waals surface area contributed by atoms with E-state index in [1.54, 1.807) is 4.90 Å². The van der Waals surface area contributed by atoms with E-state index in [1.807, 2.05) is 91.9 Å². The molecule has 1 N–H and O–H groups in total. The van der Waals surface area contributed by atoms with Crippen molar-refractivity contribution >= 4 is 23.2 Å². The first-order valence-electron chi connectivity index (χ1n) is 13.3. The Morgan fingerprint density at radius 3 is 2.08 bits per heavy atom. The second-order valence-electron chi connectivity index (χ2n) is 9.47. The SMILES string of the molecule is CCN(CC)c1ccc(N(C(=O)c2ccccc2)c2nc(-c3ccccc3)[nH]c2-c2cccc(C)c2)c(C)n1. The van der Waals surface area contributed by atoms with E-state index in [2.05, 4.69) is 42.8 Å². The van der Waals surface area contributed by atoms with Gasteiger partial charge in [0.1, 0.15) is 11.6 Å². The third-order valence-corrected chi connectivity index (χ3v) is 6.85. The van der Waals surface area contributed by atoms with Crippen LogP contribution in [0.3, 0.4) is 0 Å². The van der Waals surface area contributed by atoms with Gasteiger partial charge in [-0.1, -0.05) is 72.3 Å². The molecular weight excluding hydrogens is 482 g/mol. The zero-order chi connectivity index (χ0) is 27.4. The van der Waals surface area contributed by atoms with Crippen LogP contribution >= 0.6 is 0 Å². The maximum absolute atomic E-state index is 14.3. The largest absolute Gasteiger partial charge is 0.357 e. The second-order valence-corrected chi connectivity index (χ2v) is 9.47. The lowest BCUT2D eigenvalue weighted by molar-refractivity contribution is 0.0998. The molecule has 2 heterocycles. The Balaban J connectivity index is 1.75. The molecular formula is C33H33N5O. The summed E-state index contributed by atoms with van der Waals surface area (Å²) < 4.78 is 0. The molecule has 0 aliphatic rings. The zero-order valence-corrected chi connectivity index (χ0v) is 22.8. The number of carbonyl (C=O) groups excluding carboxylic acids is 1. The van der Waals surface area contributed by atoms with Gasteiger partial charge in [-0.15, -0.1) is 0 Å². The number of benzene rings is 3. The molecule has 0 fully saturated rings. The van der Waals surface area contributed by atoms with Crippen LogP contribution in [0.2, 0.25) is 0 Å². The number of hydrogen-bond donors (Lipinski definition) is 1. The Labute approximate surface area is 230 Å². The lowest BCUT2D eigenvalue weighted by atomic mass is 10.1. The standard InChI is InChI=1S/C33H33N5O/c1-5-37(6-2)29-21-20-28(24(4)34-29)38(33(39)26-17-11-8-12-18-26)32-30(27-19-13-14-23(3)22-27)35-31(36-32)25-15-9-7-10-16-25/h7-22H,5-6H2,1-4H3,(H,35,36). The summed E-state index contributed by atoms with van der Waals surface area (Å²) in [5.41, 5.74) is 5.81. The Morgan fingerprint density at radius 2 is 1.44 bits per heavy atom. The van der Waals surface area contributed by atoms with Crippen LogP contribution in [0.5, 0.6) is 0 Å². The number of imidazole rings is 1. The second kappa shape index (κ2) is 11.4. The van der Waals surface area contributed by atoms with Crippen LogP contribution in [0.15, 0.2) is 97.1 Å². The molecule has 0 saturated carbocycles. The van der Waals surface area contributed by atoms with E-state index < -0.39 is 0 Å². The van der Waals surface area contributed by atoms with Crippen molar-refractivity contribution in [3.8, 4) is 22.6 Å². The minimum atomic E-state index is -0.170. The molecule has 196 valence electrons. The molecule has 0 aliphatic heterocycles. The highest BCUT2D eigenvalue weighted by Crippen LogP contribution is 2.38. The number of aromatic amines is 1. The minimum Gasteiger partial charge on any atom is -0.357 e. The van der Waals surface area contributed by atoms with Crippen LogP contribution < -0.4 is 9.80 Å². The fourth-order valence-electron chi connectivity index (χ4n) is 4.79. The molecule has 0 unspecified atom stereocenters. The molecule has 5 aromatic rings. The summed E-state index contributed by atoms with van der Waals surface area (Å²) in [7, 11) is 0. The molecule has 39 heavy (non-hydrogen) atoms. The summed E-state index contributed by atoms with van der Waals surface area (Å²) in [5, 5.41) is 0. The van der Waals surface area contributed by atoms with Crippen molar-refractivity contribution in [1.82, 2.24) is 15.0 Å². The third kappa shape index (κ3) is 5.32. The van der Waals surface area contributed by atoms with Gasteiger partial charge in [-0.05, 0) is 58.0 Å². The van der Waals surface area contributed by atoms with Crippen molar-refractivity contribution in [3.05, 3.63) is 114 Å². The first kappa shape index (κ1) is 25.9. The molecule has 0 aliphatic carbocycles. The van der Waals surface area contributed by atoms with Crippen LogP contribution in [0.4, 0.5) is 17.3 Å². The van der Waals surface area contributed by atoms with Gasteiger partial charge in [-0.2, -0.15) is 0 Å². The lowest BCUT2D eigenvalue weighted by Crippen LogP contribution is -2.28. The van der Waals surface area contributed by atoms with E-state index in [4.69, 9.17) is 9.97 Å². The zero-order valence-electron chi connectivity index (χ0n) is 22.8. The maximum atomic E-state index is 14.3. The molecule has 1 amide bonds. The van der Waals surface area contributed by atoms with Gasteiger partial charge in [-0.3, -0.25) is 9.69 Å². The Bertz CT molecular complexity index is 1570. The van der Waals surface area contributed by atoms with E-state index in [0.29, 0.717) is 22.9 Å². The van der Waals surface area contributed by atoms with Crippen LogP contribution in [0.25, 0.3) is 22.6 Å². The molecule has 6 heteroatoms. The number of carbonyl (C=O) groups is 1. The Hall–Kier alpha value is -4.71. The van der Waals surface area contributed by atoms with Gasteiger partial charge in [0.05, 0.1) is 17.1 Å². The average molecular weight is 516 g/mol. The molecule has 2 aromatic heterocycles. The summed E-state index contributed by atoms with van der Waals surface area (Å²) in [5.74, 6) is 1.95. The highest BCUT2D eigenvalue weighted by Gasteiger charge is 2.28. The third-order valence-electron chi connectivity index (χ3n) is 6.85. The van der Waals surface area contributed by atoms with Crippen molar-refractivity contribution in [2.45, 2.75) is 27.7 Å². The van der Waals surface area contributed by atoms with E-state index >= 15 is 0 Å². The number of aryl methyl sites for hydroxylation is 2. The number of hydrogen-bond acceptors (Lipinski definition) is 4. The first-order valence-corrected chi connectivity index (χ1v) is 13.3. The van der Waals surface area contributed by atoms with Gasteiger partial charge in [0, 0.05) is 29.8 Å². The van der Waals surface area contributed by atoms with Gasteiger partial charge in [-0.25, -0.2) is 9.97 Å². The van der Waals surface area contributed by atoms with Gasteiger partial charge in [0.15, 0.2) is 5.82 Å². The fraction of sp³-hybridized carbons (Fsp3) is 0.182. The number of anilines is 3. The number of amides is 1. The topological polar surface area (TPSA) is 65.1 Å². The van der Waals surface area contributed by atoms with Crippen molar-refractivity contribution in [2.24, 2.45) is 0 Å². The van der Waals surface area contributed by atoms with Gasteiger partial charge < -0.3 is 9.88 Å². The van der Waals surface area contributed by atoms with E-state index in [1.165, 1.54) is 0 Å². The summed E-state index contributed by atoms with van der Waals surface area (Å²) in [6.07, 6.45) is 0. The monoisotopic (exact) mass is 515 g/mol. The molecule has 0 radical (unpaired) electrons. The smallest absolute Gasteiger partial charge is 0.264 e. The quantitative estimate of drug-likeness (QED) is 0.231. The predicted octanol–water partition coefficient (Wildman–Crippen LogP) is 7.58. The summed E-state index contributed by atoms with van der Waals surface area (Å²) in [4.78, 5) is 31.6. The average Bonchev–Trinajstić information content (AvgIpc) is 3.41.